The maximum atomic E-state index is 11.8. The number of amides is 1. The molecule has 1 aromatic heterocycles. The molecule has 0 radical (unpaired) electrons. The molecule has 0 saturated carbocycles. The normalized spacial score (nSPS) is 11.2. The van der Waals surface area contributed by atoms with Crippen molar-refractivity contribution in [2.45, 2.75) is 25.3 Å². The largest absolute Gasteiger partial charge is 0.369 e. The zero-order valence-corrected chi connectivity index (χ0v) is 10.3. The number of rotatable bonds is 4. The molecule has 1 rings (SSSR count). The number of alkyl halides is 1. The molecule has 0 aliphatic rings. The van der Waals surface area contributed by atoms with Crippen molar-refractivity contribution in [3.05, 3.63) is 23.9 Å². The van der Waals surface area contributed by atoms with E-state index in [1.165, 1.54) is 7.11 Å². The zero-order chi connectivity index (χ0) is 12.2. The number of carbonyl (C=O) groups excluding carboxylic acids is 1. The van der Waals surface area contributed by atoms with Crippen LogP contribution in [0.15, 0.2) is 18.3 Å². The fourth-order valence-corrected chi connectivity index (χ4v) is 1.15. The predicted octanol–water partition coefficient (Wildman–Crippen LogP) is 2.18. The van der Waals surface area contributed by atoms with Crippen molar-refractivity contribution in [2.75, 3.05) is 12.4 Å². The van der Waals surface area contributed by atoms with Crippen LogP contribution in [0.4, 0.5) is 5.82 Å². The lowest BCUT2D eigenvalue weighted by Gasteiger charge is -2.21. The van der Waals surface area contributed by atoms with Gasteiger partial charge in [0.1, 0.15) is 11.4 Å². The Hall–Kier alpha value is -1.13. The van der Waals surface area contributed by atoms with E-state index in [-0.39, 0.29) is 5.91 Å². The van der Waals surface area contributed by atoms with Gasteiger partial charge in [0.25, 0.3) is 5.91 Å². The third kappa shape index (κ3) is 3.18. The molecule has 0 aromatic carbocycles. The smallest absolute Gasteiger partial charge is 0.257 e. The highest BCUT2D eigenvalue weighted by atomic mass is 35.5. The van der Waals surface area contributed by atoms with Gasteiger partial charge in [0, 0.05) is 19.2 Å². The van der Waals surface area contributed by atoms with Crippen LogP contribution in [0.5, 0.6) is 0 Å². The molecule has 16 heavy (non-hydrogen) atoms. The average molecular weight is 243 g/mol. The summed E-state index contributed by atoms with van der Waals surface area (Å²) in [5, 5.41) is 2.67. The Morgan fingerprint density at radius 1 is 1.62 bits per heavy atom. The van der Waals surface area contributed by atoms with E-state index in [1.54, 1.807) is 32.2 Å². The Balaban J connectivity index is 2.77. The summed E-state index contributed by atoms with van der Waals surface area (Å²) in [6, 6.07) is 3.53. The number of ether oxygens (including phenoxy) is 1. The molecule has 0 unspecified atom stereocenters. The molecule has 0 atom stereocenters. The van der Waals surface area contributed by atoms with Gasteiger partial charge < -0.3 is 10.1 Å². The highest BCUT2D eigenvalue weighted by Gasteiger charge is 2.27. The van der Waals surface area contributed by atoms with Gasteiger partial charge in [-0.3, -0.25) is 4.79 Å². The molecule has 0 bridgehead atoms. The average Bonchev–Trinajstić information content (AvgIpc) is 2.29. The predicted molar refractivity (Wildman–Crippen MR) is 63.5 cm³/mol. The van der Waals surface area contributed by atoms with Crippen molar-refractivity contribution in [2.24, 2.45) is 0 Å². The van der Waals surface area contributed by atoms with Gasteiger partial charge in [0.2, 0.25) is 0 Å². The number of carbonyl (C=O) groups is 1. The minimum Gasteiger partial charge on any atom is -0.369 e. The number of anilines is 1. The van der Waals surface area contributed by atoms with E-state index in [2.05, 4.69) is 10.3 Å². The zero-order valence-electron chi connectivity index (χ0n) is 9.58. The molecule has 1 amide bonds. The third-order valence-corrected chi connectivity index (χ3v) is 2.59. The van der Waals surface area contributed by atoms with E-state index in [0.717, 1.165) is 5.56 Å². The lowest BCUT2D eigenvalue weighted by atomic mass is 10.1. The summed E-state index contributed by atoms with van der Waals surface area (Å²) >= 11 is 5.69. The molecule has 0 saturated heterocycles. The lowest BCUT2D eigenvalue weighted by Crippen LogP contribution is -2.39. The van der Waals surface area contributed by atoms with Crippen LogP contribution >= 0.6 is 11.6 Å². The number of hydrogen-bond donors (Lipinski definition) is 1. The Kier molecular flexibility index (Phi) is 4.26. The van der Waals surface area contributed by atoms with Crippen LogP contribution in [0.25, 0.3) is 0 Å². The fourth-order valence-electron chi connectivity index (χ4n) is 0.985. The van der Waals surface area contributed by atoms with Crippen LogP contribution < -0.4 is 5.32 Å². The molecule has 4 nitrogen and oxygen atoms in total. The van der Waals surface area contributed by atoms with Crippen molar-refractivity contribution in [3.8, 4) is 0 Å². The number of nitrogens with zero attached hydrogens (tertiary/aromatic N) is 1. The van der Waals surface area contributed by atoms with Crippen LogP contribution in [-0.4, -0.2) is 23.6 Å². The molecule has 0 aliphatic carbocycles. The SMILES string of the molecule is COC(C)(C)C(=O)Nc1cc(CCl)ccn1. The summed E-state index contributed by atoms with van der Waals surface area (Å²) in [5.41, 5.74) is 0.0285. The van der Waals surface area contributed by atoms with Crippen LogP contribution in [0.2, 0.25) is 0 Å². The molecule has 0 aliphatic heterocycles. The van der Waals surface area contributed by atoms with Crippen molar-refractivity contribution >= 4 is 23.3 Å². The van der Waals surface area contributed by atoms with E-state index >= 15 is 0 Å². The number of halogens is 1. The van der Waals surface area contributed by atoms with E-state index in [0.29, 0.717) is 11.7 Å². The molecule has 1 N–H and O–H groups in total. The molecule has 0 spiro atoms. The highest BCUT2D eigenvalue weighted by Crippen LogP contribution is 2.13. The molecule has 88 valence electrons. The van der Waals surface area contributed by atoms with Crippen LogP contribution in [0, 0.1) is 0 Å². The van der Waals surface area contributed by atoms with Gasteiger partial charge >= 0.3 is 0 Å². The van der Waals surface area contributed by atoms with Gasteiger partial charge in [0.05, 0.1) is 0 Å². The first-order valence-electron chi connectivity index (χ1n) is 4.87. The first-order chi connectivity index (χ1) is 7.49. The molecular weight excluding hydrogens is 228 g/mol. The van der Waals surface area contributed by atoms with Crippen LogP contribution in [0.1, 0.15) is 19.4 Å². The number of methoxy groups -OCH3 is 1. The molecule has 0 fully saturated rings. The minimum atomic E-state index is -0.876. The van der Waals surface area contributed by atoms with Gasteiger partial charge in [-0.2, -0.15) is 0 Å². The van der Waals surface area contributed by atoms with Gasteiger partial charge in [-0.05, 0) is 31.5 Å². The van der Waals surface area contributed by atoms with E-state index < -0.39 is 5.60 Å². The summed E-state index contributed by atoms with van der Waals surface area (Å²) in [5.74, 6) is 0.626. The summed E-state index contributed by atoms with van der Waals surface area (Å²) in [4.78, 5) is 15.8. The van der Waals surface area contributed by atoms with E-state index in [4.69, 9.17) is 16.3 Å². The van der Waals surface area contributed by atoms with Crippen molar-refractivity contribution in [1.82, 2.24) is 4.98 Å². The van der Waals surface area contributed by atoms with Gasteiger partial charge in [-0.1, -0.05) is 0 Å². The first-order valence-corrected chi connectivity index (χ1v) is 5.40. The quantitative estimate of drug-likeness (QED) is 0.824. The standard InChI is InChI=1S/C11H15ClN2O2/c1-11(2,16-3)10(15)14-9-6-8(7-12)4-5-13-9/h4-6H,7H2,1-3H3,(H,13,14,15). The van der Waals surface area contributed by atoms with Gasteiger partial charge in [-0.25, -0.2) is 4.98 Å². The van der Waals surface area contributed by atoms with E-state index in [9.17, 15) is 4.79 Å². The Labute approximate surface area is 100.0 Å². The fraction of sp³-hybridized carbons (Fsp3) is 0.455. The van der Waals surface area contributed by atoms with Gasteiger partial charge in [-0.15, -0.1) is 11.6 Å². The molecule has 1 aromatic rings. The first kappa shape index (κ1) is 12.9. The molecular formula is C11H15ClN2O2. The van der Waals surface area contributed by atoms with Crippen LogP contribution in [0.3, 0.4) is 0 Å². The Morgan fingerprint density at radius 2 is 2.31 bits per heavy atom. The number of nitrogens with one attached hydrogen (secondary N) is 1. The summed E-state index contributed by atoms with van der Waals surface area (Å²) in [6.07, 6.45) is 1.60. The number of hydrogen-bond acceptors (Lipinski definition) is 3. The number of pyridine rings is 1. The van der Waals surface area contributed by atoms with Crippen LogP contribution in [-0.2, 0) is 15.4 Å². The second-order valence-electron chi connectivity index (χ2n) is 3.85. The summed E-state index contributed by atoms with van der Waals surface area (Å²) < 4.78 is 5.06. The van der Waals surface area contributed by atoms with Crippen molar-refractivity contribution in [3.63, 3.8) is 0 Å². The van der Waals surface area contributed by atoms with Crippen molar-refractivity contribution in [1.29, 1.82) is 0 Å². The molecule has 1 heterocycles. The second-order valence-corrected chi connectivity index (χ2v) is 4.12. The van der Waals surface area contributed by atoms with Gasteiger partial charge in [0.15, 0.2) is 0 Å². The second kappa shape index (κ2) is 5.27. The maximum absolute atomic E-state index is 11.8. The van der Waals surface area contributed by atoms with E-state index in [1.807, 2.05) is 0 Å². The maximum Gasteiger partial charge on any atom is 0.257 e. The van der Waals surface area contributed by atoms with Crippen molar-refractivity contribution < 1.29 is 9.53 Å². The Morgan fingerprint density at radius 3 is 2.88 bits per heavy atom. The lowest BCUT2D eigenvalue weighted by molar-refractivity contribution is -0.133. The molecule has 5 heteroatoms. The Bertz CT molecular complexity index is 380. The minimum absolute atomic E-state index is 0.241. The topological polar surface area (TPSA) is 51.2 Å². The summed E-state index contributed by atoms with van der Waals surface area (Å²) in [7, 11) is 1.49. The highest BCUT2D eigenvalue weighted by molar-refractivity contribution is 6.17. The summed E-state index contributed by atoms with van der Waals surface area (Å²) in [6.45, 7) is 3.38. The third-order valence-electron chi connectivity index (χ3n) is 2.28. The monoisotopic (exact) mass is 242 g/mol. The number of aromatic nitrogens is 1.